The number of hydrogen-bond donors (Lipinski definition) is 1. The van der Waals surface area contributed by atoms with E-state index in [4.69, 9.17) is 14.2 Å². The Morgan fingerprint density at radius 2 is 2.11 bits per heavy atom. The first-order valence-electron chi connectivity index (χ1n) is 6.08. The number of carbonyl (C=O) groups excluding carboxylic acids is 1. The van der Waals surface area contributed by atoms with Crippen LogP contribution in [0.4, 0.5) is 0 Å². The van der Waals surface area contributed by atoms with Crippen molar-refractivity contribution in [3.63, 3.8) is 0 Å². The summed E-state index contributed by atoms with van der Waals surface area (Å²) < 4.78 is 15.9. The van der Waals surface area contributed by atoms with Gasteiger partial charge in [-0.05, 0) is 13.8 Å². The third kappa shape index (κ3) is 2.55. The lowest BCUT2D eigenvalue weighted by Crippen LogP contribution is -2.39. The number of hydrogen-bond acceptors (Lipinski definition) is 6. The minimum Gasteiger partial charge on any atom is -0.432 e. The number of aliphatic imine (C=N–C) groups is 1. The van der Waals surface area contributed by atoms with Gasteiger partial charge in [0.05, 0.1) is 6.61 Å². The second kappa shape index (κ2) is 4.60. The van der Waals surface area contributed by atoms with Crippen molar-refractivity contribution < 1.29 is 24.1 Å². The molecule has 0 saturated carbocycles. The van der Waals surface area contributed by atoms with Crippen molar-refractivity contribution in [2.45, 2.75) is 51.9 Å². The monoisotopic (exact) mass is 257 g/mol. The molecule has 6 heteroatoms. The molecule has 0 bridgehead atoms. The maximum atomic E-state index is 11.5. The summed E-state index contributed by atoms with van der Waals surface area (Å²) in [5.74, 6) is -1.21. The predicted molar refractivity (Wildman–Crippen MR) is 63.1 cm³/mol. The fraction of sp³-hybridized carbons (Fsp3) is 0.833. The van der Waals surface area contributed by atoms with Gasteiger partial charge >= 0.3 is 5.97 Å². The van der Waals surface area contributed by atoms with E-state index in [0.29, 0.717) is 5.71 Å². The zero-order chi connectivity index (χ0) is 13.5. The van der Waals surface area contributed by atoms with Crippen LogP contribution in [0, 0.1) is 5.92 Å². The van der Waals surface area contributed by atoms with Crippen LogP contribution in [0.2, 0.25) is 0 Å². The molecule has 2 heterocycles. The van der Waals surface area contributed by atoms with Crippen molar-refractivity contribution in [2.75, 3.05) is 6.61 Å². The number of carbonyl (C=O) groups is 1. The highest BCUT2D eigenvalue weighted by Crippen LogP contribution is 2.27. The van der Waals surface area contributed by atoms with Gasteiger partial charge in [0, 0.05) is 5.92 Å². The molecule has 3 atom stereocenters. The summed E-state index contributed by atoms with van der Waals surface area (Å²) >= 11 is 0. The van der Waals surface area contributed by atoms with Crippen LogP contribution in [0.1, 0.15) is 27.7 Å². The average molecular weight is 257 g/mol. The molecule has 2 aliphatic rings. The SMILES string of the molecule is CC(C)C1=NC([C@H](O)[C@H]2COC(C)(C)O2)OC1=O. The number of aliphatic hydroxyl groups excluding tert-OH is 1. The molecule has 18 heavy (non-hydrogen) atoms. The lowest BCUT2D eigenvalue weighted by atomic mass is 10.1. The summed E-state index contributed by atoms with van der Waals surface area (Å²) in [6.45, 7) is 7.50. The first-order chi connectivity index (χ1) is 8.30. The van der Waals surface area contributed by atoms with Gasteiger partial charge in [0.15, 0.2) is 5.79 Å². The molecule has 0 amide bonds. The second-order valence-corrected chi connectivity index (χ2v) is 5.32. The Bertz CT molecular complexity index is 377. The van der Waals surface area contributed by atoms with Crippen LogP contribution in [0.3, 0.4) is 0 Å². The molecule has 0 radical (unpaired) electrons. The van der Waals surface area contributed by atoms with Gasteiger partial charge < -0.3 is 19.3 Å². The van der Waals surface area contributed by atoms with Crippen LogP contribution in [0.5, 0.6) is 0 Å². The van der Waals surface area contributed by atoms with Gasteiger partial charge in [0.2, 0.25) is 6.23 Å². The van der Waals surface area contributed by atoms with Gasteiger partial charge in [-0.15, -0.1) is 0 Å². The fourth-order valence-corrected chi connectivity index (χ4v) is 1.98. The molecule has 2 aliphatic heterocycles. The molecule has 2 rings (SSSR count). The summed E-state index contributed by atoms with van der Waals surface area (Å²) in [5.41, 5.74) is 0.359. The van der Waals surface area contributed by atoms with E-state index < -0.39 is 30.2 Å². The van der Waals surface area contributed by atoms with Gasteiger partial charge in [-0.2, -0.15) is 0 Å². The normalized spacial score (nSPS) is 32.6. The Morgan fingerprint density at radius 3 is 2.56 bits per heavy atom. The molecule has 0 aromatic heterocycles. The Hall–Kier alpha value is -0.980. The van der Waals surface area contributed by atoms with Crippen LogP contribution < -0.4 is 0 Å². The van der Waals surface area contributed by atoms with E-state index in [1.165, 1.54) is 0 Å². The molecule has 1 unspecified atom stereocenters. The van der Waals surface area contributed by atoms with Gasteiger partial charge in [0.1, 0.15) is 17.9 Å². The first kappa shape index (κ1) is 13.5. The number of cyclic esters (lactones) is 1. The van der Waals surface area contributed by atoms with Gasteiger partial charge in [0.25, 0.3) is 0 Å². The molecular weight excluding hydrogens is 238 g/mol. The summed E-state index contributed by atoms with van der Waals surface area (Å²) in [7, 11) is 0. The first-order valence-corrected chi connectivity index (χ1v) is 6.08. The van der Waals surface area contributed by atoms with E-state index >= 15 is 0 Å². The topological polar surface area (TPSA) is 77.4 Å². The van der Waals surface area contributed by atoms with Crippen LogP contribution >= 0.6 is 0 Å². The maximum absolute atomic E-state index is 11.5. The molecule has 1 N–H and O–H groups in total. The molecule has 0 aliphatic carbocycles. The number of ether oxygens (including phenoxy) is 3. The summed E-state index contributed by atoms with van der Waals surface area (Å²) in [4.78, 5) is 15.7. The Kier molecular flexibility index (Phi) is 3.44. The number of esters is 1. The smallest absolute Gasteiger partial charge is 0.354 e. The van der Waals surface area contributed by atoms with Crippen LogP contribution in [-0.4, -0.2) is 47.6 Å². The zero-order valence-corrected chi connectivity index (χ0v) is 11.0. The van der Waals surface area contributed by atoms with Gasteiger partial charge in [-0.25, -0.2) is 9.79 Å². The highest BCUT2D eigenvalue weighted by molar-refractivity contribution is 6.38. The summed E-state index contributed by atoms with van der Waals surface area (Å²) in [6, 6.07) is 0. The molecular formula is C12H19NO5. The van der Waals surface area contributed by atoms with Gasteiger partial charge in [-0.1, -0.05) is 13.8 Å². The largest absolute Gasteiger partial charge is 0.432 e. The van der Waals surface area contributed by atoms with E-state index in [-0.39, 0.29) is 12.5 Å². The molecule has 0 spiro atoms. The molecule has 1 fully saturated rings. The Balaban J connectivity index is 2.03. The molecule has 102 valence electrons. The molecule has 0 aromatic carbocycles. The van der Waals surface area contributed by atoms with Crippen molar-refractivity contribution in [1.82, 2.24) is 0 Å². The zero-order valence-electron chi connectivity index (χ0n) is 11.0. The lowest BCUT2D eigenvalue weighted by Gasteiger charge is -2.22. The van der Waals surface area contributed by atoms with E-state index in [1.807, 2.05) is 13.8 Å². The lowest BCUT2D eigenvalue weighted by molar-refractivity contribution is -0.166. The molecule has 0 aromatic rings. The third-order valence-electron chi connectivity index (χ3n) is 2.95. The second-order valence-electron chi connectivity index (χ2n) is 5.32. The highest BCUT2D eigenvalue weighted by atomic mass is 16.7. The van der Waals surface area contributed by atoms with Crippen molar-refractivity contribution in [3.05, 3.63) is 0 Å². The van der Waals surface area contributed by atoms with Crippen LogP contribution in [-0.2, 0) is 19.0 Å². The maximum Gasteiger partial charge on any atom is 0.354 e. The third-order valence-corrected chi connectivity index (χ3v) is 2.95. The van der Waals surface area contributed by atoms with Crippen molar-refractivity contribution >= 4 is 11.7 Å². The van der Waals surface area contributed by atoms with Crippen molar-refractivity contribution in [1.29, 1.82) is 0 Å². The van der Waals surface area contributed by atoms with E-state index in [1.54, 1.807) is 13.8 Å². The minimum absolute atomic E-state index is 0.0214. The van der Waals surface area contributed by atoms with Gasteiger partial charge in [-0.3, -0.25) is 0 Å². The van der Waals surface area contributed by atoms with Crippen LogP contribution in [0.25, 0.3) is 0 Å². The Morgan fingerprint density at radius 1 is 1.44 bits per heavy atom. The molecule has 1 saturated heterocycles. The van der Waals surface area contributed by atoms with Crippen molar-refractivity contribution in [2.24, 2.45) is 10.9 Å². The number of nitrogens with zero attached hydrogens (tertiary/aromatic N) is 1. The van der Waals surface area contributed by atoms with Crippen LogP contribution in [0.15, 0.2) is 4.99 Å². The minimum atomic E-state index is -1.01. The van der Waals surface area contributed by atoms with E-state index in [0.717, 1.165) is 0 Å². The average Bonchev–Trinajstić information content (AvgIpc) is 2.80. The molecule has 6 nitrogen and oxygen atoms in total. The standard InChI is InChI=1S/C12H19NO5/c1-6(2)8-11(15)17-10(13-8)9(14)7-5-16-12(3,4)18-7/h6-7,9-10,14H,5H2,1-4H3/t7-,9-,10?/m1/s1. The quantitative estimate of drug-likeness (QED) is 0.744. The summed E-state index contributed by atoms with van der Waals surface area (Å²) in [6.07, 6.45) is -2.43. The number of aliphatic hydroxyl groups is 1. The highest BCUT2D eigenvalue weighted by Gasteiger charge is 2.43. The van der Waals surface area contributed by atoms with E-state index in [2.05, 4.69) is 4.99 Å². The fourth-order valence-electron chi connectivity index (χ4n) is 1.98. The summed E-state index contributed by atoms with van der Waals surface area (Å²) in [5, 5.41) is 10.1. The predicted octanol–water partition coefficient (Wildman–Crippen LogP) is 0.479. The van der Waals surface area contributed by atoms with Crippen molar-refractivity contribution in [3.8, 4) is 0 Å². The number of rotatable bonds is 3. The Labute approximate surface area is 106 Å². The van der Waals surface area contributed by atoms with E-state index in [9.17, 15) is 9.90 Å².